The van der Waals surface area contributed by atoms with Crippen molar-refractivity contribution in [3.8, 4) is 0 Å². The Labute approximate surface area is 125 Å². The number of aryl methyl sites for hydroxylation is 1. The molecule has 2 fully saturated rings. The normalized spacial score (nSPS) is 34.8. The summed E-state index contributed by atoms with van der Waals surface area (Å²) in [5, 5.41) is 3.41. The number of rotatable bonds is 2. The topological polar surface area (TPSA) is 32.3 Å². The molecular formula is C16H24N2OS. The van der Waals surface area contributed by atoms with Gasteiger partial charge in [-0.1, -0.05) is 26.7 Å². The maximum Gasteiger partial charge on any atom is 0.238 e. The van der Waals surface area contributed by atoms with E-state index < -0.39 is 0 Å². The highest BCUT2D eigenvalue weighted by Gasteiger charge is 2.41. The predicted octanol–water partition coefficient (Wildman–Crippen LogP) is 3.31. The summed E-state index contributed by atoms with van der Waals surface area (Å²) in [5.74, 6) is 1.58. The van der Waals surface area contributed by atoms with Crippen LogP contribution in [0.25, 0.3) is 0 Å². The van der Waals surface area contributed by atoms with Crippen LogP contribution in [0.3, 0.4) is 0 Å². The van der Waals surface area contributed by atoms with Crippen molar-refractivity contribution in [1.82, 2.24) is 10.2 Å². The monoisotopic (exact) mass is 292 g/mol. The Kier molecular flexibility index (Phi) is 3.87. The zero-order valence-corrected chi connectivity index (χ0v) is 13.4. The summed E-state index contributed by atoms with van der Waals surface area (Å²) in [7, 11) is 0. The standard InChI is InChI=1S/C16H24N2OS/c1-10-5-4-6-13(12(10)3)18-15(19)9-17-16(18)14-8-7-11(2)20-14/h7-8,10,12-13,16-17H,4-6,9H2,1-3H3. The van der Waals surface area contributed by atoms with Crippen LogP contribution in [0, 0.1) is 18.8 Å². The van der Waals surface area contributed by atoms with Gasteiger partial charge in [0.25, 0.3) is 0 Å². The van der Waals surface area contributed by atoms with Crippen molar-refractivity contribution in [2.75, 3.05) is 6.54 Å². The van der Waals surface area contributed by atoms with Gasteiger partial charge in [0.1, 0.15) is 6.17 Å². The number of nitrogens with zero attached hydrogens (tertiary/aromatic N) is 1. The van der Waals surface area contributed by atoms with Crippen molar-refractivity contribution >= 4 is 17.2 Å². The average Bonchev–Trinajstić information content (AvgIpc) is 2.99. The summed E-state index contributed by atoms with van der Waals surface area (Å²) in [5.41, 5.74) is 0. The summed E-state index contributed by atoms with van der Waals surface area (Å²) in [6, 6.07) is 4.71. The maximum atomic E-state index is 12.4. The minimum atomic E-state index is 0.0962. The van der Waals surface area contributed by atoms with Crippen molar-refractivity contribution in [2.45, 2.75) is 52.2 Å². The van der Waals surface area contributed by atoms with Gasteiger partial charge in [-0.3, -0.25) is 10.1 Å². The van der Waals surface area contributed by atoms with E-state index in [4.69, 9.17) is 0 Å². The van der Waals surface area contributed by atoms with Gasteiger partial charge in [0.05, 0.1) is 6.54 Å². The lowest BCUT2D eigenvalue weighted by Gasteiger charge is -2.42. The Bertz CT molecular complexity index is 498. The van der Waals surface area contributed by atoms with E-state index in [0.29, 0.717) is 24.4 Å². The molecule has 20 heavy (non-hydrogen) atoms. The predicted molar refractivity (Wildman–Crippen MR) is 82.6 cm³/mol. The molecule has 110 valence electrons. The van der Waals surface area contributed by atoms with Crippen molar-refractivity contribution < 1.29 is 4.79 Å². The molecule has 2 aliphatic rings. The van der Waals surface area contributed by atoms with E-state index in [0.717, 1.165) is 6.42 Å². The second-order valence-electron chi connectivity index (χ2n) is 6.37. The first kappa shape index (κ1) is 14.1. The summed E-state index contributed by atoms with van der Waals surface area (Å²) in [6.07, 6.45) is 3.80. The summed E-state index contributed by atoms with van der Waals surface area (Å²) < 4.78 is 0. The van der Waals surface area contributed by atoms with E-state index in [1.807, 2.05) is 0 Å². The minimum Gasteiger partial charge on any atom is -0.318 e. The van der Waals surface area contributed by atoms with Crippen LogP contribution in [0.4, 0.5) is 0 Å². The summed E-state index contributed by atoms with van der Waals surface area (Å²) in [6.45, 7) is 7.26. The fourth-order valence-corrected chi connectivity index (χ4v) is 4.63. The Hall–Kier alpha value is -0.870. The molecule has 3 rings (SSSR count). The van der Waals surface area contributed by atoms with Crippen LogP contribution in [0.15, 0.2) is 12.1 Å². The van der Waals surface area contributed by atoms with Crippen LogP contribution in [-0.2, 0) is 4.79 Å². The zero-order chi connectivity index (χ0) is 14.3. The molecule has 1 aliphatic carbocycles. The number of carbonyl (C=O) groups excluding carboxylic acids is 1. The number of hydrogen-bond donors (Lipinski definition) is 1. The van der Waals surface area contributed by atoms with E-state index in [1.54, 1.807) is 11.3 Å². The molecule has 4 atom stereocenters. The Morgan fingerprint density at radius 2 is 2.10 bits per heavy atom. The average molecular weight is 292 g/mol. The Morgan fingerprint density at radius 1 is 1.30 bits per heavy atom. The number of hydrogen-bond acceptors (Lipinski definition) is 3. The van der Waals surface area contributed by atoms with E-state index >= 15 is 0 Å². The molecule has 0 spiro atoms. The molecule has 1 N–H and O–H groups in total. The third-order valence-corrected chi connectivity index (χ3v) is 6.12. The number of nitrogens with one attached hydrogen (secondary N) is 1. The highest BCUT2D eigenvalue weighted by atomic mass is 32.1. The van der Waals surface area contributed by atoms with Crippen molar-refractivity contribution in [3.63, 3.8) is 0 Å². The number of amides is 1. The quantitative estimate of drug-likeness (QED) is 0.907. The van der Waals surface area contributed by atoms with Gasteiger partial charge in [0.2, 0.25) is 5.91 Å². The number of carbonyl (C=O) groups is 1. The van der Waals surface area contributed by atoms with E-state index in [2.05, 4.69) is 43.1 Å². The first-order valence-electron chi connectivity index (χ1n) is 7.69. The van der Waals surface area contributed by atoms with Gasteiger partial charge < -0.3 is 4.90 Å². The Morgan fingerprint density at radius 3 is 2.80 bits per heavy atom. The van der Waals surface area contributed by atoms with Crippen molar-refractivity contribution in [2.24, 2.45) is 11.8 Å². The molecule has 0 bridgehead atoms. The largest absolute Gasteiger partial charge is 0.318 e. The molecule has 1 aromatic heterocycles. The van der Waals surface area contributed by atoms with Crippen LogP contribution in [-0.4, -0.2) is 23.4 Å². The second kappa shape index (κ2) is 5.49. The summed E-state index contributed by atoms with van der Waals surface area (Å²) >= 11 is 1.80. The number of thiophene rings is 1. The third kappa shape index (κ3) is 2.40. The first-order chi connectivity index (χ1) is 9.58. The van der Waals surface area contributed by atoms with Crippen LogP contribution in [0.1, 0.15) is 49.0 Å². The third-order valence-electron chi connectivity index (χ3n) is 5.06. The lowest BCUT2D eigenvalue weighted by atomic mass is 9.77. The lowest BCUT2D eigenvalue weighted by Crippen LogP contribution is -2.46. The maximum absolute atomic E-state index is 12.4. The Balaban J connectivity index is 1.86. The fraction of sp³-hybridized carbons (Fsp3) is 0.688. The molecule has 1 aliphatic heterocycles. The summed E-state index contributed by atoms with van der Waals surface area (Å²) in [4.78, 5) is 17.1. The highest BCUT2D eigenvalue weighted by molar-refractivity contribution is 7.12. The molecular weight excluding hydrogens is 268 g/mol. The molecule has 0 aromatic carbocycles. The second-order valence-corrected chi connectivity index (χ2v) is 7.69. The highest BCUT2D eigenvalue weighted by Crippen LogP contribution is 2.38. The van der Waals surface area contributed by atoms with Gasteiger partial charge in [0.15, 0.2) is 0 Å². The molecule has 1 saturated heterocycles. The molecule has 4 heteroatoms. The van der Waals surface area contributed by atoms with E-state index in [9.17, 15) is 4.79 Å². The van der Waals surface area contributed by atoms with Crippen molar-refractivity contribution in [3.05, 3.63) is 21.9 Å². The van der Waals surface area contributed by atoms with E-state index in [1.165, 1.54) is 22.6 Å². The van der Waals surface area contributed by atoms with Gasteiger partial charge in [-0.25, -0.2) is 0 Å². The first-order valence-corrected chi connectivity index (χ1v) is 8.50. The molecule has 1 saturated carbocycles. The SMILES string of the molecule is Cc1ccc(C2NCC(=O)N2C2CCCC(C)C2C)s1. The molecule has 0 radical (unpaired) electrons. The van der Waals surface area contributed by atoms with Crippen LogP contribution in [0.5, 0.6) is 0 Å². The molecule has 3 nitrogen and oxygen atoms in total. The minimum absolute atomic E-state index is 0.0962. The van der Waals surface area contributed by atoms with Crippen LogP contribution in [0.2, 0.25) is 0 Å². The zero-order valence-electron chi connectivity index (χ0n) is 12.6. The van der Waals surface area contributed by atoms with Gasteiger partial charge in [-0.15, -0.1) is 11.3 Å². The van der Waals surface area contributed by atoms with E-state index in [-0.39, 0.29) is 12.1 Å². The van der Waals surface area contributed by atoms with Gasteiger partial charge in [-0.05, 0) is 37.3 Å². The fourth-order valence-electron chi connectivity index (χ4n) is 3.68. The van der Waals surface area contributed by atoms with Crippen LogP contribution < -0.4 is 5.32 Å². The van der Waals surface area contributed by atoms with Gasteiger partial charge >= 0.3 is 0 Å². The molecule has 1 amide bonds. The lowest BCUT2D eigenvalue weighted by molar-refractivity contribution is -0.132. The molecule has 1 aromatic rings. The molecule has 4 unspecified atom stereocenters. The van der Waals surface area contributed by atoms with Gasteiger partial charge in [-0.2, -0.15) is 0 Å². The smallest absolute Gasteiger partial charge is 0.238 e. The van der Waals surface area contributed by atoms with Crippen molar-refractivity contribution in [1.29, 1.82) is 0 Å². The van der Waals surface area contributed by atoms with Crippen LogP contribution >= 0.6 is 11.3 Å². The van der Waals surface area contributed by atoms with Gasteiger partial charge in [0, 0.05) is 15.8 Å². The molecule has 2 heterocycles.